The van der Waals surface area contributed by atoms with Crippen molar-refractivity contribution in [1.29, 1.82) is 0 Å². The molecule has 0 unspecified atom stereocenters. The van der Waals surface area contributed by atoms with Gasteiger partial charge < -0.3 is 0 Å². The summed E-state index contributed by atoms with van der Waals surface area (Å²) < 4.78 is 4.90. The summed E-state index contributed by atoms with van der Waals surface area (Å²) in [4.78, 5) is 0. The molecule has 8 heteroatoms. The van der Waals surface area contributed by atoms with E-state index in [2.05, 4.69) is 344 Å². The van der Waals surface area contributed by atoms with Crippen molar-refractivity contribution in [2.24, 2.45) is 0 Å². The van der Waals surface area contributed by atoms with Crippen molar-refractivity contribution >= 4 is 123 Å². The van der Waals surface area contributed by atoms with Gasteiger partial charge in [0.15, 0.2) is 0 Å². The molecule has 0 aliphatic carbocycles. The van der Waals surface area contributed by atoms with Crippen molar-refractivity contribution in [3.63, 3.8) is 0 Å². The maximum Gasteiger partial charge on any atom is 0.0621 e. The minimum Gasteiger partial charge on any atom is -0.0843 e. The van der Waals surface area contributed by atoms with Crippen molar-refractivity contribution in [1.82, 2.24) is 0 Å². The Labute approximate surface area is 596 Å². The first-order valence-corrected chi connectivity index (χ1v) is 34.0. The lowest BCUT2D eigenvalue weighted by molar-refractivity contribution is 1.45. The fraction of sp³-hybridized carbons (Fsp3) is 0.111. The van der Waals surface area contributed by atoms with E-state index in [0.29, 0.717) is 20.1 Å². The van der Waals surface area contributed by atoms with E-state index in [1.807, 2.05) is 80.6 Å². The molecule has 0 saturated carbocycles. The third-order valence-electron chi connectivity index (χ3n) is 12.6. The maximum absolute atomic E-state index is 5.75. The third kappa shape index (κ3) is 32.7. The molecule has 0 aliphatic heterocycles. The van der Waals surface area contributed by atoms with Gasteiger partial charge in [-0.2, -0.15) is 0 Å². The van der Waals surface area contributed by atoms with Crippen LogP contribution in [0.25, 0.3) is 33.4 Å². The van der Waals surface area contributed by atoms with Crippen molar-refractivity contribution in [2.45, 2.75) is 62.3 Å². The van der Waals surface area contributed by atoms with Crippen LogP contribution in [0.4, 0.5) is 0 Å². The van der Waals surface area contributed by atoms with Crippen molar-refractivity contribution in [3.8, 4) is 33.4 Å². The molecule has 0 saturated heterocycles. The summed E-state index contributed by atoms with van der Waals surface area (Å²) in [5.74, 6) is 0. The monoisotopic (exact) mass is 1600 g/mol. The Hall–Kier alpha value is -5.78. The Bertz CT molecular complexity index is 3660. The third-order valence-corrected chi connectivity index (χ3v) is 16.4. The van der Waals surface area contributed by atoms with Gasteiger partial charge in [-0.05, 0) is 230 Å². The van der Waals surface area contributed by atoms with Crippen molar-refractivity contribution < 1.29 is 0 Å². The zero-order chi connectivity index (χ0) is 64.9. The second-order valence-electron chi connectivity index (χ2n) is 20.7. The fourth-order valence-electron chi connectivity index (χ4n) is 7.93. The quantitative estimate of drug-likeness (QED) is 0.155. The average molecular weight is 1600 g/mol. The van der Waals surface area contributed by atoms with E-state index in [1.54, 1.807) is 12.1 Å². The van der Waals surface area contributed by atoms with Gasteiger partial charge in [0.25, 0.3) is 0 Å². The number of rotatable bonds is 3. The van der Waals surface area contributed by atoms with Crippen LogP contribution >= 0.6 is 123 Å². The Morgan fingerprint density at radius 2 is 0.640 bits per heavy atom. The zero-order valence-corrected chi connectivity index (χ0v) is 62.3. The van der Waals surface area contributed by atoms with Gasteiger partial charge in [-0.15, -0.1) is 0 Å². The average Bonchev–Trinajstić information content (AvgIpc) is 3.72. The molecule has 89 heavy (non-hydrogen) atoms. The second kappa shape index (κ2) is 43.1. The maximum atomic E-state index is 5.75. The molecule has 0 bridgehead atoms. The summed E-state index contributed by atoms with van der Waals surface area (Å²) in [6.45, 7) is 18.6. The van der Waals surface area contributed by atoms with E-state index in [0.717, 1.165) is 20.1 Å². The van der Waals surface area contributed by atoms with Crippen LogP contribution in [0.5, 0.6) is 0 Å². The predicted molar refractivity (Wildman–Crippen MR) is 418 cm³/mol. The van der Waals surface area contributed by atoms with Gasteiger partial charge in [0.05, 0.1) is 10.0 Å². The first-order chi connectivity index (χ1) is 42.6. The molecule has 0 heterocycles. The normalized spacial score (nSPS) is 9.63. The molecular weight excluding hydrogens is 1530 g/mol. The van der Waals surface area contributed by atoms with E-state index in [-0.39, 0.29) is 0 Å². The molecule has 456 valence electrons. The standard InChI is InChI=1S/3C13H12.2C7H7Br.2C7H6Cl2.2C7H7I/c1-11-7-5-6-10-13(11)12-8-3-2-4-9-12;1-11-6-5-9-13(10-11)12-7-3-2-4-8-12;1-11-7-9-13(10-8-11)12-5-3-2-4-6-12;1-6-2-4-7(8)5-3-6;1-6-3-2-4-7(8)5-6;1-5-2-6(8)4-7(9)3-5;1-5-3-2-4-6(8)7(5)9;1-6-2-4-7(8)5-3-6;1-6-3-2-4-7(8)5-6/h3*2-10H,1H3;2*2-5H,1H3;2*2-4H,1H3;2*2-5H,1H3. The molecule has 0 fully saturated rings. The Morgan fingerprint density at radius 3 is 1.04 bits per heavy atom. The molecule has 0 spiro atoms. The first kappa shape index (κ1) is 75.7. The lowest BCUT2D eigenvalue weighted by Crippen LogP contribution is -1.80. The van der Waals surface area contributed by atoms with Crippen LogP contribution in [-0.2, 0) is 0 Å². The summed E-state index contributed by atoms with van der Waals surface area (Å²) in [6.07, 6.45) is 0. The van der Waals surface area contributed by atoms with Crippen LogP contribution in [0.3, 0.4) is 0 Å². The van der Waals surface area contributed by atoms with E-state index in [9.17, 15) is 0 Å². The van der Waals surface area contributed by atoms with Gasteiger partial charge in [-0.25, -0.2) is 0 Å². The molecule has 0 radical (unpaired) electrons. The largest absolute Gasteiger partial charge is 0.0843 e. The van der Waals surface area contributed by atoms with Crippen LogP contribution in [-0.4, -0.2) is 0 Å². The number of hydrogen-bond donors (Lipinski definition) is 0. The lowest BCUT2D eigenvalue weighted by atomic mass is 10.0. The minimum absolute atomic E-state index is 0.622. The molecule has 0 aromatic heterocycles. The van der Waals surface area contributed by atoms with Gasteiger partial charge in [-0.3, -0.25) is 0 Å². The molecule has 0 nitrogen and oxygen atoms in total. The van der Waals surface area contributed by atoms with Gasteiger partial charge in [0.1, 0.15) is 0 Å². The minimum atomic E-state index is 0.622. The van der Waals surface area contributed by atoms with Gasteiger partial charge in [0.2, 0.25) is 0 Å². The van der Waals surface area contributed by atoms with Crippen LogP contribution in [0.1, 0.15) is 50.1 Å². The summed E-state index contributed by atoms with van der Waals surface area (Å²) in [6, 6.07) is 101. The Kier molecular flexibility index (Phi) is 36.6. The fourth-order valence-corrected chi connectivity index (χ4v) is 10.7. The molecule has 0 amide bonds. The Balaban J connectivity index is 0.000000216. The van der Waals surface area contributed by atoms with Gasteiger partial charge in [-0.1, -0.05) is 336 Å². The SMILES string of the molecule is Cc1cc(Cl)cc(Cl)c1.Cc1ccc(-c2ccccc2)cc1.Cc1ccc(Br)cc1.Cc1ccc(I)cc1.Cc1cccc(-c2ccccc2)c1.Cc1cccc(Br)c1.Cc1cccc(Cl)c1Cl.Cc1cccc(I)c1.Cc1ccccc1-c1ccccc1. The van der Waals surface area contributed by atoms with E-state index < -0.39 is 0 Å². The summed E-state index contributed by atoms with van der Waals surface area (Å²) in [7, 11) is 0. The summed E-state index contributed by atoms with van der Waals surface area (Å²) in [5.41, 5.74) is 19.0. The van der Waals surface area contributed by atoms with Crippen molar-refractivity contribution in [3.05, 3.63) is 383 Å². The molecule has 0 N–H and O–H groups in total. The highest BCUT2D eigenvalue weighted by Gasteiger charge is 2.00. The topological polar surface area (TPSA) is 0 Å². The second-order valence-corrected chi connectivity index (χ2v) is 26.6. The lowest BCUT2D eigenvalue weighted by Gasteiger charge is -2.04. The van der Waals surface area contributed by atoms with Crippen LogP contribution in [0.15, 0.2) is 306 Å². The number of aryl methyl sites for hydroxylation is 9. The van der Waals surface area contributed by atoms with Crippen LogP contribution in [0.2, 0.25) is 20.1 Å². The molecule has 12 aromatic carbocycles. The first-order valence-electron chi connectivity index (χ1n) is 28.7. The molecule has 12 rings (SSSR count). The highest BCUT2D eigenvalue weighted by molar-refractivity contribution is 14.1. The molecule has 12 aromatic rings. The number of halogens is 8. The number of benzene rings is 12. The van der Waals surface area contributed by atoms with E-state index in [4.69, 9.17) is 46.4 Å². The van der Waals surface area contributed by atoms with Gasteiger partial charge >= 0.3 is 0 Å². The van der Waals surface area contributed by atoms with Crippen LogP contribution < -0.4 is 0 Å². The van der Waals surface area contributed by atoms with E-state index in [1.165, 1.54) is 79.5 Å². The Morgan fingerprint density at radius 1 is 0.247 bits per heavy atom. The smallest absolute Gasteiger partial charge is 0.0621 e. The summed E-state index contributed by atoms with van der Waals surface area (Å²) in [5, 5.41) is 2.66. The van der Waals surface area contributed by atoms with Crippen molar-refractivity contribution in [2.75, 3.05) is 0 Å². The summed E-state index contributed by atoms with van der Waals surface area (Å²) >= 11 is 34.1. The highest BCUT2D eigenvalue weighted by atomic mass is 127. The predicted octanol–water partition coefficient (Wildman–Crippen LogP) is 28.3. The molecular formula is C81H76Br2Cl4I2. The zero-order valence-electron chi connectivity index (χ0n) is 51.8. The molecule has 0 aliphatic rings. The molecule has 0 atom stereocenters. The highest BCUT2D eigenvalue weighted by Crippen LogP contribution is 2.26. The van der Waals surface area contributed by atoms with E-state index >= 15 is 0 Å². The number of hydrogen-bond acceptors (Lipinski definition) is 0. The van der Waals surface area contributed by atoms with Crippen LogP contribution in [0, 0.1) is 69.5 Å². The van der Waals surface area contributed by atoms with Gasteiger partial charge in [0, 0.05) is 26.1 Å².